The standard InChI is InChI=1S/C5H10.C2H7N.C2H6/c1-2-4-5-3-1;1-2-3;1-2/h1-5H2;2-3H2,1H3;1-2H3. The van der Waals surface area contributed by atoms with Crippen LogP contribution in [0.5, 0.6) is 0 Å². The third-order valence-electron chi connectivity index (χ3n) is 1.25. The summed E-state index contributed by atoms with van der Waals surface area (Å²) in [5.74, 6) is 0. The molecule has 1 heteroatoms. The minimum atomic E-state index is 0.750. The smallest absolute Gasteiger partial charge is 0.0106 e. The van der Waals surface area contributed by atoms with E-state index in [1.807, 2.05) is 20.8 Å². The Balaban J connectivity index is 0. The van der Waals surface area contributed by atoms with Crippen LogP contribution in [0.25, 0.3) is 0 Å². The lowest BCUT2D eigenvalue weighted by molar-refractivity contribution is 0.886. The van der Waals surface area contributed by atoms with Crippen LogP contribution in [0.1, 0.15) is 52.9 Å². The van der Waals surface area contributed by atoms with Crippen molar-refractivity contribution in [3.8, 4) is 0 Å². The first-order valence-corrected chi connectivity index (χ1v) is 4.62. The quantitative estimate of drug-likeness (QED) is 0.557. The molecule has 0 aromatic carbocycles. The molecule has 0 unspecified atom stereocenters. The van der Waals surface area contributed by atoms with Crippen molar-refractivity contribution < 1.29 is 0 Å². The molecule has 0 heterocycles. The second kappa shape index (κ2) is 16.0. The van der Waals surface area contributed by atoms with Gasteiger partial charge in [0.2, 0.25) is 0 Å². The van der Waals surface area contributed by atoms with Crippen LogP contribution in [0.2, 0.25) is 0 Å². The maximum Gasteiger partial charge on any atom is -0.0106 e. The number of rotatable bonds is 0. The lowest BCUT2D eigenvalue weighted by Crippen LogP contribution is -1.87. The molecule has 0 aliphatic heterocycles. The van der Waals surface area contributed by atoms with Crippen molar-refractivity contribution in [2.45, 2.75) is 52.9 Å². The highest BCUT2D eigenvalue weighted by Gasteiger charge is 1.95. The fourth-order valence-electron chi connectivity index (χ4n) is 0.884. The largest absolute Gasteiger partial charge is 0.331 e. The molecule has 0 amide bonds. The molecular formula is C9H23N. The molecule has 2 N–H and O–H groups in total. The van der Waals surface area contributed by atoms with Crippen molar-refractivity contribution in [2.75, 3.05) is 6.54 Å². The lowest BCUT2D eigenvalue weighted by Gasteiger charge is -1.67. The molecule has 10 heavy (non-hydrogen) atoms. The highest BCUT2D eigenvalue weighted by atomic mass is 14.5. The van der Waals surface area contributed by atoms with Crippen molar-refractivity contribution in [2.24, 2.45) is 5.73 Å². The molecule has 0 radical (unpaired) electrons. The minimum absolute atomic E-state index is 0.750. The van der Waals surface area contributed by atoms with E-state index in [1.165, 1.54) is 32.1 Å². The van der Waals surface area contributed by atoms with Crippen LogP contribution < -0.4 is 5.73 Å². The summed E-state index contributed by atoms with van der Waals surface area (Å²) in [7, 11) is 0. The van der Waals surface area contributed by atoms with E-state index in [0.717, 1.165) is 6.54 Å². The molecule has 1 rings (SSSR count). The zero-order valence-electron chi connectivity index (χ0n) is 7.82. The average Bonchev–Trinajstić information content (AvgIpc) is 2.48. The molecule has 0 aromatic rings. The lowest BCUT2D eigenvalue weighted by atomic mass is 10.4. The van der Waals surface area contributed by atoms with Gasteiger partial charge < -0.3 is 5.73 Å². The molecule has 1 aliphatic rings. The predicted molar refractivity (Wildman–Crippen MR) is 49.2 cm³/mol. The van der Waals surface area contributed by atoms with Gasteiger partial charge in [0.1, 0.15) is 0 Å². The minimum Gasteiger partial charge on any atom is -0.331 e. The Hall–Kier alpha value is -0.0400. The Morgan fingerprint density at radius 1 is 0.900 bits per heavy atom. The van der Waals surface area contributed by atoms with E-state index in [1.54, 1.807) is 0 Å². The fraction of sp³-hybridized carbons (Fsp3) is 1.00. The van der Waals surface area contributed by atoms with E-state index < -0.39 is 0 Å². The van der Waals surface area contributed by atoms with Crippen LogP contribution in [0.4, 0.5) is 0 Å². The second-order valence-electron chi connectivity index (χ2n) is 2.18. The van der Waals surface area contributed by atoms with E-state index >= 15 is 0 Å². The van der Waals surface area contributed by atoms with Gasteiger partial charge in [0.05, 0.1) is 0 Å². The molecule has 1 fully saturated rings. The maximum atomic E-state index is 4.85. The van der Waals surface area contributed by atoms with Gasteiger partial charge in [-0.1, -0.05) is 52.9 Å². The average molecular weight is 145 g/mol. The van der Waals surface area contributed by atoms with Gasteiger partial charge in [-0.25, -0.2) is 0 Å². The number of hydrogen-bond donors (Lipinski definition) is 1. The van der Waals surface area contributed by atoms with E-state index in [0.29, 0.717) is 0 Å². The maximum absolute atomic E-state index is 4.85. The normalized spacial score (nSPS) is 14.4. The molecular weight excluding hydrogens is 122 g/mol. The third kappa shape index (κ3) is 15.7. The zero-order valence-corrected chi connectivity index (χ0v) is 7.82. The van der Waals surface area contributed by atoms with Crippen molar-refractivity contribution >= 4 is 0 Å². The monoisotopic (exact) mass is 145 g/mol. The Morgan fingerprint density at radius 2 is 1.00 bits per heavy atom. The highest BCUT2D eigenvalue weighted by molar-refractivity contribution is 4.51. The highest BCUT2D eigenvalue weighted by Crippen LogP contribution is 2.15. The third-order valence-corrected chi connectivity index (χ3v) is 1.25. The summed E-state index contributed by atoms with van der Waals surface area (Å²) >= 11 is 0. The van der Waals surface area contributed by atoms with Gasteiger partial charge in [0, 0.05) is 0 Å². The second-order valence-corrected chi connectivity index (χ2v) is 2.18. The SMILES string of the molecule is C1CCCC1.CC.CCN. The van der Waals surface area contributed by atoms with Crippen molar-refractivity contribution in [3.63, 3.8) is 0 Å². The Kier molecular flexibility index (Phi) is 20.2. The van der Waals surface area contributed by atoms with Crippen LogP contribution >= 0.6 is 0 Å². The van der Waals surface area contributed by atoms with Gasteiger partial charge in [-0.05, 0) is 6.54 Å². The number of nitrogens with two attached hydrogens (primary N) is 1. The van der Waals surface area contributed by atoms with Gasteiger partial charge in [-0.2, -0.15) is 0 Å². The summed E-state index contributed by atoms with van der Waals surface area (Å²) in [4.78, 5) is 0. The molecule has 0 aromatic heterocycles. The van der Waals surface area contributed by atoms with Gasteiger partial charge in [0.15, 0.2) is 0 Å². The Morgan fingerprint density at radius 3 is 1.10 bits per heavy atom. The van der Waals surface area contributed by atoms with E-state index in [4.69, 9.17) is 5.73 Å². The summed E-state index contributed by atoms with van der Waals surface area (Å²) < 4.78 is 0. The number of hydrogen-bond acceptors (Lipinski definition) is 1. The van der Waals surface area contributed by atoms with Crippen LogP contribution in [-0.4, -0.2) is 6.54 Å². The van der Waals surface area contributed by atoms with Crippen molar-refractivity contribution in [3.05, 3.63) is 0 Å². The molecule has 0 spiro atoms. The van der Waals surface area contributed by atoms with E-state index in [-0.39, 0.29) is 0 Å². The predicted octanol–water partition coefficient (Wildman–Crippen LogP) is 2.94. The summed E-state index contributed by atoms with van der Waals surface area (Å²) in [5.41, 5.74) is 4.85. The van der Waals surface area contributed by atoms with Crippen LogP contribution in [-0.2, 0) is 0 Å². The van der Waals surface area contributed by atoms with Gasteiger partial charge in [-0.15, -0.1) is 0 Å². The molecule has 1 nitrogen and oxygen atoms in total. The van der Waals surface area contributed by atoms with Crippen LogP contribution in [0.15, 0.2) is 0 Å². The van der Waals surface area contributed by atoms with Crippen molar-refractivity contribution in [1.82, 2.24) is 0 Å². The van der Waals surface area contributed by atoms with Crippen molar-refractivity contribution in [1.29, 1.82) is 0 Å². The molecule has 0 atom stereocenters. The van der Waals surface area contributed by atoms with E-state index in [2.05, 4.69) is 0 Å². The first-order valence-electron chi connectivity index (χ1n) is 4.62. The molecule has 1 aliphatic carbocycles. The molecule has 64 valence electrons. The van der Waals surface area contributed by atoms with Gasteiger partial charge in [0.25, 0.3) is 0 Å². The van der Waals surface area contributed by atoms with Gasteiger partial charge >= 0.3 is 0 Å². The molecule has 0 saturated heterocycles. The molecule has 1 saturated carbocycles. The molecule has 0 bridgehead atoms. The topological polar surface area (TPSA) is 26.0 Å². The van der Waals surface area contributed by atoms with Crippen LogP contribution in [0, 0.1) is 0 Å². The Labute approximate surface area is 66.0 Å². The fourth-order valence-corrected chi connectivity index (χ4v) is 0.884. The van der Waals surface area contributed by atoms with Gasteiger partial charge in [-0.3, -0.25) is 0 Å². The first kappa shape index (κ1) is 12.6. The summed E-state index contributed by atoms with van der Waals surface area (Å²) in [5, 5.41) is 0. The van der Waals surface area contributed by atoms with E-state index in [9.17, 15) is 0 Å². The van der Waals surface area contributed by atoms with Crippen LogP contribution in [0.3, 0.4) is 0 Å². The summed E-state index contributed by atoms with van der Waals surface area (Å²) in [6.07, 6.45) is 7.50. The Bertz CT molecular complexity index is 24.1. The summed E-state index contributed by atoms with van der Waals surface area (Å²) in [6, 6.07) is 0. The first-order chi connectivity index (χ1) is 4.91. The summed E-state index contributed by atoms with van der Waals surface area (Å²) in [6.45, 7) is 6.65. The zero-order chi connectivity index (χ0) is 8.24.